The highest BCUT2D eigenvalue weighted by molar-refractivity contribution is 5.70. The van der Waals surface area contributed by atoms with Gasteiger partial charge in [-0.1, -0.05) is 60.7 Å². The summed E-state index contributed by atoms with van der Waals surface area (Å²) in [6.07, 6.45) is -0.225. The Labute approximate surface area is 157 Å². The highest BCUT2D eigenvalue weighted by atomic mass is 16.6. The summed E-state index contributed by atoms with van der Waals surface area (Å²) in [5, 5.41) is 0. The third-order valence-corrected chi connectivity index (χ3v) is 5.28. The SMILES string of the molecule is C[C@@H]1[C@@H](c2ccccc2)[C@H](c2ccccc2)[C@@H](C)N1C(=O)OC(C)(C)C. The van der Waals surface area contributed by atoms with E-state index >= 15 is 0 Å². The summed E-state index contributed by atoms with van der Waals surface area (Å²) in [5.74, 6) is 0.474. The summed E-state index contributed by atoms with van der Waals surface area (Å²) >= 11 is 0. The summed E-state index contributed by atoms with van der Waals surface area (Å²) in [7, 11) is 0. The number of carbonyl (C=O) groups excluding carboxylic acids is 1. The minimum Gasteiger partial charge on any atom is -0.444 e. The maximum Gasteiger partial charge on any atom is 0.410 e. The molecule has 1 fully saturated rings. The maximum atomic E-state index is 12.9. The number of benzene rings is 2. The lowest BCUT2D eigenvalue weighted by molar-refractivity contribution is 0.0165. The number of hydrogen-bond donors (Lipinski definition) is 0. The van der Waals surface area contributed by atoms with Gasteiger partial charge in [0, 0.05) is 23.9 Å². The molecule has 26 heavy (non-hydrogen) atoms. The van der Waals surface area contributed by atoms with E-state index in [1.807, 2.05) is 37.8 Å². The van der Waals surface area contributed by atoms with Crippen molar-refractivity contribution in [3.8, 4) is 0 Å². The predicted octanol–water partition coefficient (Wildman–Crippen LogP) is 5.58. The third-order valence-electron chi connectivity index (χ3n) is 5.28. The molecule has 1 amide bonds. The number of amides is 1. The first-order chi connectivity index (χ1) is 12.3. The summed E-state index contributed by atoms with van der Waals surface area (Å²) < 4.78 is 5.72. The van der Waals surface area contributed by atoms with E-state index in [0.29, 0.717) is 0 Å². The summed E-state index contributed by atoms with van der Waals surface area (Å²) in [6.45, 7) is 10.0. The van der Waals surface area contributed by atoms with Gasteiger partial charge < -0.3 is 9.64 Å². The van der Waals surface area contributed by atoms with Crippen LogP contribution < -0.4 is 0 Å². The molecule has 0 radical (unpaired) electrons. The van der Waals surface area contributed by atoms with Crippen LogP contribution in [0.25, 0.3) is 0 Å². The number of ether oxygens (including phenoxy) is 1. The van der Waals surface area contributed by atoms with Crippen molar-refractivity contribution in [1.29, 1.82) is 0 Å². The Morgan fingerprint density at radius 1 is 0.808 bits per heavy atom. The minimum absolute atomic E-state index is 0.0625. The summed E-state index contributed by atoms with van der Waals surface area (Å²) in [5.41, 5.74) is 2.04. The van der Waals surface area contributed by atoms with E-state index in [1.165, 1.54) is 11.1 Å². The summed E-state index contributed by atoms with van der Waals surface area (Å²) in [6, 6.07) is 21.2. The van der Waals surface area contributed by atoms with E-state index in [2.05, 4.69) is 62.4 Å². The molecule has 2 aromatic carbocycles. The van der Waals surface area contributed by atoms with Crippen molar-refractivity contribution in [2.75, 3.05) is 0 Å². The molecule has 0 N–H and O–H groups in total. The Balaban J connectivity index is 2.02. The van der Waals surface area contributed by atoms with Crippen molar-refractivity contribution in [2.45, 2.75) is 64.1 Å². The average molecular weight is 351 g/mol. The van der Waals surface area contributed by atoms with Gasteiger partial charge in [-0.05, 0) is 45.7 Å². The number of likely N-dealkylation sites (tertiary alicyclic amines) is 1. The molecule has 0 bridgehead atoms. The largest absolute Gasteiger partial charge is 0.444 e. The molecule has 1 aliphatic rings. The monoisotopic (exact) mass is 351 g/mol. The van der Waals surface area contributed by atoms with Crippen LogP contribution in [0.15, 0.2) is 60.7 Å². The zero-order valence-electron chi connectivity index (χ0n) is 16.3. The molecule has 138 valence electrons. The van der Waals surface area contributed by atoms with Crippen LogP contribution in [0.5, 0.6) is 0 Å². The van der Waals surface area contributed by atoms with Gasteiger partial charge in [-0.25, -0.2) is 4.79 Å². The van der Waals surface area contributed by atoms with E-state index in [4.69, 9.17) is 4.74 Å². The van der Waals surface area contributed by atoms with Crippen LogP contribution in [0.1, 0.15) is 57.6 Å². The van der Waals surface area contributed by atoms with Crippen LogP contribution in [0.2, 0.25) is 0 Å². The molecule has 1 saturated heterocycles. The number of rotatable bonds is 2. The lowest BCUT2D eigenvalue weighted by atomic mass is 9.78. The smallest absolute Gasteiger partial charge is 0.410 e. The Bertz CT molecular complexity index is 684. The first-order valence-electron chi connectivity index (χ1n) is 9.41. The standard InChI is InChI=1S/C23H29NO2/c1-16-20(18-12-8-6-9-13-18)21(19-14-10-7-11-15-19)17(2)24(16)22(25)26-23(3,4)5/h6-17,20-21H,1-5H3/t16-,17-,20+,21+/m1/s1. The van der Waals surface area contributed by atoms with Crippen LogP contribution in [0.3, 0.4) is 0 Å². The molecule has 0 aliphatic carbocycles. The minimum atomic E-state index is -0.496. The van der Waals surface area contributed by atoms with Gasteiger partial charge in [0.05, 0.1) is 0 Å². The van der Waals surface area contributed by atoms with Crippen LogP contribution in [-0.2, 0) is 4.74 Å². The zero-order valence-corrected chi connectivity index (χ0v) is 16.3. The Kier molecular flexibility index (Phi) is 5.08. The van der Waals surface area contributed by atoms with Gasteiger partial charge in [-0.15, -0.1) is 0 Å². The van der Waals surface area contributed by atoms with Crippen molar-refractivity contribution in [1.82, 2.24) is 4.90 Å². The molecule has 3 heteroatoms. The molecular weight excluding hydrogens is 322 g/mol. The molecular formula is C23H29NO2. The van der Waals surface area contributed by atoms with Gasteiger partial charge in [0.15, 0.2) is 0 Å². The molecule has 4 atom stereocenters. The van der Waals surface area contributed by atoms with Crippen molar-refractivity contribution < 1.29 is 9.53 Å². The zero-order chi connectivity index (χ0) is 18.9. The van der Waals surface area contributed by atoms with Crippen molar-refractivity contribution in [3.05, 3.63) is 71.8 Å². The third kappa shape index (κ3) is 3.62. The average Bonchev–Trinajstić information content (AvgIpc) is 2.85. The molecule has 0 unspecified atom stereocenters. The first kappa shape index (κ1) is 18.5. The second-order valence-corrected chi connectivity index (χ2v) is 8.24. The van der Waals surface area contributed by atoms with E-state index in [-0.39, 0.29) is 30.0 Å². The topological polar surface area (TPSA) is 29.5 Å². The molecule has 1 aliphatic heterocycles. The van der Waals surface area contributed by atoms with Gasteiger partial charge in [-0.3, -0.25) is 0 Å². The number of hydrogen-bond acceptors (Lipinski definition) is 2. The molecule has 0 spiro atoms. The van der Waals surface area contributed by atoms with Gasteiger partial charge in [0.25, 0.3) is 0 Å². The number of carbonyl (C=O) groups is 1. The summed E-state index contributed by atoms with van der Waals surface area (Å²) in [4.78, 5) is 14.9. The molecule has 0 saturated carbocycles. The maximum absolute atomic E-state index is 12.9. The van der Waals surface area contributed by atoms with Crippen LogP contribution >= 0.6 is 0 Å². The van der Waals surface area contributed by atoms with Crippen molar-refractivity contribution >= 4 is 6.09 Å². The van der Waals surface area contributed by atoms with Crippen LogP contribution in [-0.4, -0.2) is 28.7 Å². The fourth-order valence-electron chi connectivity index (χ4n) is 4.29. The van der Waals surface area contributed by atoms with Gasteiger partial charge in [-0.2, -0.15) is 0 Å². The number of nitrogens with zero attached hydrogens (tertiary/aromatic N) is 1. The lowest BCUT2D eigenvalue weighted by Crippen LogP contribution is -2.43. The van der Waals surface area contributed by atoms with E-state index < -0.39 is 5.60 Å². The van der Waals surface area contributed by atoms with Crippen molar-refractivity contribution in [3.63, 3.8) is 0 Å². The van der Waals surface area contributed by atoms with Gasteiger partial charge >= 0.3 is 6.09 Å². The molecule has 3 nitrogen and oxygen atoms in total. The normalized spacial score (nSPS) is 26.0. The highest BCUT2D eigenvalue weighted by Crippen LogP contribution is 2.48. The van der Waals surface area contributed by atoms with E-state index in [0.717, 1.165) is 0 Å². The van der Waals surface area contributed by atoms with E-state index in [1.54, 1.807) is 0 Å². The fourth-order valence-corrected chi connectivity index (χ4v) is 4.29. The lowest BCUT2D eigenvalue weighted by Gasteiger charge is -2.31. The Morgan fingerprint density at radius 3 is 1.54 bits per heavy atom. The van der Waals surface area contributed by atoms with Crippen LogP contribution in [0, 0.1) is 0 Å². The molecule has 2 aromatic rings. The molecule has 0 aromatic heterocycles. The van der Waals surface area contributed by atoms with Gasteiger partial charge in [0.1, 0.15) is 5.60 Å². The van der Waals surface area contributed by atoms with Gasteiger partial charge in [0.2, 0.25) is 0 Å². The fraction of sp³-hybridized carbons (Fsp3) is 0.435. The first-order valence-corrected chi connectivity index (χ1v) is 9.41. The predicted molar refractivity (Wildman–Crippen MR) is 105 cm³/mol. The molecule has 3 rings (SSSR count). The molecule has 1 heterocycles. The second-order valence-electron chi connectivity index (χ2n) is 8.24. The second kappa shape index (κ2) is 7.14. The van der Waals surface area contributed by atoms with Crippen molar-refractivity contribution in [2.24, 2.45) is 0 Å². The Morgan fingerprint density at radius 2 is 1.19 bits per heavy atom. The Hall–Kier alpha value is -2.29. The quantitative estimate of drug-likeness (QED) is 0.706. The van der Waals surface area contributed by atoms with Crippen LogP contribution in [0.4, 0.5) is 4.79 Å². The highest BCUT2D eigenvalue weighted by Gasteiger charge is 2.49. The van der Waals surface area contributed by atoms with E-state index in [9.17, 15) is 4.79 Å².